The second-order valence-corrected chi connectivity index (χ2v) is 4.55. The minimum absolute atomic E-state index is 0.0218. The zero-order chi connectivity index (χ0) is 11.5. The predicted molar refractivity (Wildman–Crippen MR) is 70.8 cm³/mol. The Balaban J connectivity index is 1.78. The highest BCUT2D eigenvalue weighted by Crippen LogP contribution is 2.37. The van der Waals surface area contributed by atoms with Gasteiger partial charge in [-0.1, -0.05) is 48.5 Å². The first kappa shape index (κ1) is 10.4. The van der Waals surface area contributed by atoms with E-state index in [0.717, 1.165) is 11.1 Å². The molecule has 0 amide bonds. The van der Waals surface area contributed by atoms with E-state index in [1.165, 1.54) is 11.9 Å². The Morgan fingerprint density at radius 1 is 0.882 bits per heavy atom. The molecule has 0 bridgehead atoms. The van der Waals surface area contributed by atoms with Crippen molar-refractivity contribution in [2.75, 3.05) is 0 Å². The average molecular weight is 241 g/mol. The number of ether oxygens (including phenoxy) is 1. The molecule has 1 aliphatic rings. The maximum Gasteiger partial charge on any atom is 0.229 e. The van der Waals surface area contributed by atoms with Crippen molar-refractivity contribution >= 4 is 17.8 Å². The average Bonchev–Trinajstić information content (AvgIpc) is 2.90. The summed E-state index contributed by atoms with van der Waals surface area (Å²) in [5, 5.41) is 0. The normalized spacial score (nSPS) is 18.6. The van der Waals surface area contributed by atoms with E-state index in [2.05, 4.69) is 16.5 Å². The topological polar surface area (TPSA) is 21.6 Å². The molecule has 84 valence electrons. The molecule has 0 aromatic heterocycles. The smallest absolute Gasteiger partial charge is 0.229 e. The summed E-state index contributed by atoms with van der Waals surface area (Å²) in [5.41, 5.74) is 2.15. The summed E-state index contributed by atoms with van der Waals surface area (Å²) < 4.78 is 10.2. The van der Waals surface area contributed by atoms with Crippen LogP contribution in [0, 0.1) is 0 Å². The first-order valence-electron chi connectivity index (χ1n) is 5.44. The first-order valence-corrected chi connectivity index (χ1v) is 6.28. The van der Waals surface area contributed by atoms with Crippen molar-refractivity contribution in [3.8, 4) is 0 Å². The van der Waals surface area contributed by atoms with Crippen LogP contribution in [0.1, 0.15) is 16.6 Å². The van der Waals surface area contributed by atoms with E-state index in [1.54, 1.807) is 0 Å². The third-order valence-corrected chi connectivity index (χ3v) is 3.37. The van der Waals surface area contributed by atoms with E-state index in [9.17, 15) is 0 Å². The van der Waals surface area contributed by atoms with Gasteiger partial charge in [0.2, 0.25) is 5.90 Å². The molecule has 1 unspecified atom stereocenters. The largest absolute Gasteiger partial charge is 0.456 e. The Kier molecular flexibility index (Phi) is 2.84. The van der Waals surface area contributed by atoms with Crippen LogP contribution in [0.2, 0.25) is 0 Å². The molecule has 1 heterocycles. The van der Waals surface area contributed by atoms with Crippen LogP contribution in [0.5, 0.6) is 0 Å². The minimum atomic E-state index is -0.0218. The molecule has 0 N–H and O–H groups in total. The molecular weight excluding hydrogens is 230 g/mol. The monoisotopic (exact) mass is 241 g/mol. The third-order valence-electron chi connectivity index (χ3n) is 2.54. The lowest BCUT2D eigenvalue weighted by molar-refractivity contribution is 0.293. The van der Waals surface area contributed by atoms with Crippen LogP contribution >= 0.6 is 11.9 Å². The quantitative estimate of drug-likeness (QED) is 0.746. The summed E-state index contributed by atoms with van der Waals surface area (Å²) in [4.78, 5) is 0. The first-order chi connectivity index (χ1) is 8.43. The molecule has 2 aromatic carbocycles. The molecule has 0 aliphatic carbocycles. The van der Waals surface area contributed by atoms with Gasteiger partial charge in [0.25, 0.3) is 0 Å². The SMILES string of the molecule is c1ccc(C2=NSC(c3ccccc3)O2)cc1. The fraction of sp³-hybridized carbons (Fsp3) is 0.0714. The number of hydrogen-bond acceptors (Lipinski definition) is 3. The fourth-order valence-corrected chi connectivity index (χ4v) is 2.43. The molecule has 0 spiro atoms. The molecule has 2 nitrogen and oxygen atoms in total. The molecule has 1 atom stereocenters. The Labute approximate surface area is 104 Å². The highest BCUT2D eigenvalue weighted by Gasteiger charge is 2.23. The van der Waals surface area contributed by atoms with Crippen LogP contribution in [0.25, 0.3) is 0 Å². The van der Waals surface area contributed by atoms with Crippen molar-refractivity contribution in [1.82, 2.24) is 0 Å². The van der Waals surface area contributed by atoms with Crippen LogP contribution in [0.4, 0.5) is 0 Å². The lowest BCUT2D eigenvalue weighted by Crippen LogP contribution is -2.03. The van der Waals surface area contributed by atoms with Gasteiger partial charge in [0.15, 0.2) is 5.44 Å². The Bertz CT molecular complexity index is 524. The Morgan fingerprint density at radius 3 is 2.24 bits per heavy atom. The summed E-state index contributed by atoms with van der Waals surface area (Å²) in [6, 6.07) is 20.1. The lowest BCUT2D eigenvalue weighted by atomic mass is 10.2. The summed E-state index contributed by atoms with van der Waals surface area (Å²) in [6.45, 7) is 0. The van der Waals surface area contributed by atoms with Gasteiger partial charge in [-0.2, -0.15) is 4.40 Å². The van der Waals surface area contributed by atoms with Crippen molar-refractivity contribution in [3.63, 3.8) is 0 Å². The van der Waals surface area contributed by atoms with Crippen LogP contribution in [0.3, 0.4) is 0 Å². The molecule has 3 heteroatoms. The van der Waals surface area contributed by atoms with Gasteiger partial charge in [-0.3, -0.25) is 0 Å². The number of rotatable bonds is 2. The maximum atomic E-state index is 5.85. The number of nitrogens with zero attached hydrogens (tertiary/aromatic N) is 1. The van der Waals surface area contributed by atoms with Gasteiger partial charge in [0.1, 0.15) is 0 Å². The lowest BCUT2D eigenvalue weighted by Gasteiger charge is -2.09. The molecule has 0 saturated carbocycles. The minimum Gasteiger partial charge on any atom is -0.456 e. The van der Waals surface area contributed by atoms with E-state index in [1.807, 2.05) is 48.5 Å². The Hall–Kier alpha value is -1.74. The van der Waals surface area contributed by atoms with E-state index in [0.29, 0.717) is 5.90 Å². The molecule has 0 radical (unpaired) electrons. The zero-order valence-electron chi connectivity index (χ0n) is 9.11. The van der Waals surface area contributed by atoms with Crippen molar-refractivity contribution < 1.29 is 4.74 Å². The Morgan fingerprint density at radius 2 is 1.53 bits per heavy atom. The predicted octanol–water partition coefficient (Wildman–Crippen LogP) is 3.81. The van der Waals surface area contributed by atoms with Crippen molar-refractivity contribution in [1.29, 1.82) is 0 Å². The summed E-state index contributed by atoms with van der Waals surface area (Å²) in [5.74, 6) is 0.712. The van der Waals surface area contributed by atoms with Gasteiger partial charge in [-0.25, -0.2) is 0 Å². The summed E-state index contributed by atoms with van der Waals surface area (Å²) in [6.07, 6.45) is 0. The van der Waals surface area contributed by atoms with Crippen LogP contribution < -0.4 is 0 Å². The van der Waals surface area contributed by atoms with Crippen LogP contribution in [-0.2, 0) is 4.74 Å². The highest BCUT2D eigenvalue weighted by atomic mass is 32.2. The number of hydrogen-bond donors (Lipinski definition) is 0. The van der Waals surface area contributed by atoms with Gasteiger partial charge in [0, 0.05) is 23.1 Å². The van der Waals surface area contributed by atoms with E-state index in [-0.39, 0.29) is 5.44 Å². The highest BCUT2D eigenvalue weighted by molar-refractivity contribution is 7.98. The van der Waals surface area contributed by atoms with Gasteiger partial charge >= 0.3 is 0 Å². The number of benzene rings is 2. The molecular formula is C14H11NOS. The van der Waals surface area contributed by atoms with Crippen LogP contribution in [0.15, 0.2) is 65.1 Å². The van der Waals surface area contributed by atoms with E-state index in [4.69, 9.17) is 4.74 Å². The van der Waals surface area contributed by atoms with E-state index < -0.39 is 0 Å². The van der Waals surface area contributed by atoms with Gasteiger partial charge in [-0.15, -0.1) is 0 Å². The molecule has 17 heavy (non-hydrogen) atoms. The van der Waals surface area contributed by atoms with Gasteiger partial charge < -0.3 is 4.74 Å². The summed E-state index contributed by atoms with van der Waals surface area (Å²) in [7, 11) is 0. The van der Waals surface area contributed by atoms with Gasteiger partial charge in [-0.05, 0) is 12.1 Å². The maximum absolute atomic E-state index is 5.85. The molecule has 1 aliphatic heterocycles. The zero-order valence-corrected chi connectivity index (χ0v) is 9.93. The molecule has 0 fully saturated rings. The molecule has 0 saturated heterocycles. The summed E-state index contributed by atoms with van der Waals surface area (Å²) >= 11 is 1.46. The van der Waals surface area contributed by atoms with Crippen molar-refractivity contribution in [3.05, 3.63) is 71.8 Å². The standard InChI is InChI=1S/C14H11NOS/c1-3-7-11(8-4-1)13-15-17-14(16-13)12-9-5-2-6-10-12/h1-10,14H. The van der Waals surface area contributed by atoms with Crippen molar-refractivity contribution in [2.24, 2.45) is 4.40 Å². The second kappa shape index (κ2) is 4.63. The van der Waals surface area contributed by atoms with Crippen LogP contribution in [-0.4, -0.2) is 5.90 Å². The molecule has 2 aromatic rings. The van der Waals surface area contributed by atoms with Gasteiger partial charge in [0.05, 0.1) is 0 Å². The second-order valence-electron chi connectivity index (χ2n) is 3.73. The fourth-order valence-electron chi connectivity index (χ4n) is 1.68. The van der Waals surface area contributed by atoms with Crippen molar-refractivity contribution in [2.45, 2.75) is 5.44 Å². The van der Waals surface area contributed by atoms with E-state index >= 15 is 0 Å². The molecule has 3 rings (SSSR count). The third kappa shape index (κ3) is 2.19.